The maximum atomic E-state index is 11.8. The van der Waals surface area contributed by atoms with Gasteiger partial charge in [-0.05, 0) is 42.7 Å². The Morgan fingerprint density at radius 2 is 2.15 bits per heavy atom. The molecule has 6 heteroatoms. The maximum absolute atomic E-state index is 11.8. The van der Waals surface area contributed by atoms with Crippen molar-refractivity contribution in [2.75, 3.05) is 33.4 Å². The molecule has 6 nitrogen and oxygen atoms in total. The summed E-state index contributed by atoms with van der Waals surface area (Å²) < 4.78 is 5.65. The lowest BCUT2D eigenvalue weighted by Gasteiger charge is -2.16. The second kappa shape index (κ2) is 10.3. The molecule has 1 aromatic rings. The molecule has 0 aromatic heterocycles. The van der Waals surface area contributed by atoms with Crippen molar-refractivity contribution in [3.05, 3.63) is 35.4 Å². The van der Waals surface area contributed by atoms with Gasteiger partial charge in [-0.2, -0.15) is 0 Å². The molecule has 27 heavy (non-hydrogen) atoms. The molecule has 1 aromatic carbocycles. The number of hydrogen-bond donors (Lipinski definition) is 2. The highest BCUT2D eigenvalue weighted by Crippen LogP contribution is 2.28. The van der Waals surface area contributed by atoms with Crippen LogP contribution < -0.4 is 10.6 Å². The topological polar surface area (TPSA) is 66.0 Å². The van der Waals surface area contributed by atoms with E-state index >= 15 is 0 Å². The number of aliphatic imine (C=N–C) groups is 1. The highest BCUT2D eigenvalue weighted by molar-refractivity contribution is 5.79. The van der Waals surface area contributed by atoms with E-state index in [4.69, 9.17) is 4.74 Å². The molecule has 0 radical (unpaired) electrons. The summed E-state index contributed by atoms with van der Waals surface area (Å²) in [4.78, 5) is 18.0. The summed E-state index contributed by atoms with van der Waals surface area (Å²) in [5, 5.41) is 6.68. The fraction of sp³-hybridized carbons (Fsp3) is 0.619. The Balaban J connectivity index is 1.35. The Morgan fingerprint density at radius 1 is 1.30 bits per heavy atom. The van der Waals surface area contributed by atoms with Crippen molar-refractivity contribution in [3.63, 3.8) is 0 Å². The molecule has 2 aliphatic rings. The van der Waals surface area contributed by atoms with Crippen LogP contribution in [0.3, 0.4) is 0 Å². The van der Waals surface area contributed by atoms with Gasteiger partial charge in [-0.1, -0.05) is 24.3 Å². The summed E-state index contributed by atoms with van der Waals surface area (Å²) in [6.45, 7) is 4.87. The van der Waals surface area contributed by atoms with Crippen molar-refractivity contribution >= 4 is 11.9 Å². The number of rotatable bonds is 10. The highest BCUT2D eigenvalue weighted by Gasteiger charge is 2.21. The van der Waals surface area contributed by atoms with Gasteiger partial charge < -0.3 is 20.3 Å². The third-order valence-electron chi connectivity index (χ3n) is 5.03. The number of nitrogens with one attached hydrogen (secondary N) is 2. The van der Waals surface area contributed by atoms with Crippen LogP contribution in [0.2, 0.25) is 0 Å². The van der Waals surface area contributed by atoms with Gasteiger partial charge in [-0.3, -0.25) is 9.79 Å². The van der Waals surface area contributed by atoms with Crippen molar-refractivity contribution in [3.8, 4) is 0 Å². The first-order chi connectivity index (χ1) is 13.2. The van der Waals surface area contributed by atoms with E-state index < -0.39 is 0 Å². The fourth-order valence-corrected chi connectivity index (χ4v) is 3.25. The Morgan fingerprint density at radius 3 is 2.89 bits per heavy atom. The number of benzene rings is 1. The minimum Gasteiger partial charge on any atom is -0.381 e. The number of guanidine groups is 1. The number of likely N-dealkylation sites (tertiary alicyclic amines) is 1. The van der Waals surface area contributed by atoms with Crippen molar-refractivity contribution < 1.29 is 9.53 Å². The summed E-state index contributed by atoms with van der Waals surface area (Å²) in [5.74, 6) is 1.90. The van der Waals surface area contributed by atoms with Crippen LogP contribution in [0, 0.1) is 5.92 Å². The average molecular weight is 373 g/mol. The average Bonchev–Trinajstić information content (AvgIpc) is 3.42. The first-order valence-corrected chi connectivity index (χ1v) is 10.1. The molecule has 1 aliphatic carbocycles. The van der Waals surface area contributed by atoms with E-state index in [1.54, 1.807) is 7.05 Å². The molecular weight excluding hydrogens is 340 g/mol. The molecule has 2 fully saturated rings. The van der Waals surface area contributed by atoms with E-state index in [0.29, 0.717) is 19.5 Å². The Hall–Kier alpha value is -2.08. The van der Waals surface area contributed by atoms with Crippen LogP contribution in [0.4, 0.5) is 0 Å². The smallest absolute Gasteiger partial charge is 0.222 e. The van der Waals surface area contributed by atoms with Gasteiger partial charge in [0.05, 0.1) is 0 Å². The molecule has 1 saturated heterocycles. The molecule has 2 N–H and O–H groups in total. The van der Waals surface area contributed by atoms with Crippen molar-refractivity contribution in [2.45, 2.75) is 45.2 Å². The van der Waals surface area contributed by atoms with Gasteiger partial charge >= 0.3 is 0 Å². The van der Waals surface area contributed by atoms with Gasteiger partial charge in [-0.15, -0.1) is 0 Å². The zero-order valence-corrected chi connectivity index (χ0v) is 16.4. The molecule has 0 atom stereocenters. The lowest BCUT2D eigenvalue weighted by molar-refractivity contribution is -0.128. The van der Waals surface area contributed by atoms with E-state index in [1.165, 1.54) is 24.0 Å². The summed E-state index contributed by atoms with van der Waals surface area (Å²) >= 11 is 0. The maximum Gasteiger partial charge on any atom is 0.222 e. The predicted octanol–water partition coefficient (Wildman–Crippen LogP) is 2.29. The number of nitrogens with zero attached hydrogens (tertiary/aromatic N) is 2. The predicted molar refractivity (Wildman–Crippen MR) is 107 cm³/mol. The molecule has 1 heterocycles. The first-order valence-electron chi connectivity index (χ1n) is 10.1. The fourth-order valence-electron chi connectivity index (χ4n) is 3.25. The van der Waals surface area contributed by atoms with Gasteiger partial charge in [0.2, 0.25) is 5.91 Å². The number of ether oxygens (including phenoxy) is 1. The van der Waals surface area contributed by atoms with E-state index in [9.17, 15) is 4.79 Å². The van der Waals surface area contributed by atoms with Gasteiger partial charge in [0.15, 0.2) is 5.96 Å². The molecule has 0 spiro atoms. The molecular formula is C21H32N4O2. The van der Waals surface area contributed by atoms with Crippen LogP contribution in [0.15, 0.2) is 29.3 Å². The minimum absolute atomic E-state index is 0.268. The summed E-state index contributed by atoms with van der Waals surface area (Å²) in [5.41, 5.74) is 2.37. The zero-order chi connectivity index (χ0) is 18.9. The van der Waals surface area contributed by atoms with E-state index in [2.05, 4.69) is 39.9 Å². The standard InChI is InChI=1S/C21H32N4O2/c1-22-21(23-10-4-12-27-16-17-8-9-17)24-14-18-5-2-6-19(13-18)15-25-11-3-7-20(25)26/h2,5-6,13,17H,3-4,7-12,14-16H2,1H3,(H2,22,23,24). The second-order valence-electron chi connectivity index (χ2n) is 7.46. The molecule has 0 unspecified atom stereocenters. The van der Waals surface area contributed by atoms with Crippen LogP contribution in [-0.4, -0.2) is 50.1 Å². The molecule has 148 valence electrons. The minimum atomic E-state index is 0.268. The van der Waals surface area contributed by atoms with Crippen LogP contribution in [-0.2, 0) is 22.6 Å². The second-order valence-corrected chi connectivity index (χ2v) is 7.46. The van der Waals surface area contributed by atoms with Gasteiger partial charge in [-0.25, -0.2) is 0 Å². The largest absolute Gasteiger partial charge is 0.381 e. The van der Waals surface area contributed by atoms with Crippen LogP contribution >= 0.6 is 0 Å². The molecule has 1 aliphatic heterocycles. The van der Waals surface area contributed by atoms with E-state index in [-0.39, 0.29) is 5.91 Å². The number of carbonyl (C=O) groups is 1. The monoisotopic (exact) mass is 372 g/mol. The number of amides is 1. The SMILES string of the molecule is CN=C(NCCCOCC1CC1)NCc1cccc(CN2CCCC2=O)c1. The highest BCUT2D eigenvalue weighted by atomic mass is 16.5. The van der Waals surface area contributed by atoms with Gasteiger partial charge in [0.1, 0.15) is 0 Å². The molecule has 3 rings (SSSR count). The lowest BCUT2D eigenvalue weighted by atomic mass is 10.1. The van der Waals surface area contributed by atoms with Crippen LogP contribution in [0.5, 0.6) is 0 Å². The molecule has 1 amide bonds. The Bertz CT molecular complexity index is 643. The third kappa shape index (κ3) is 6.86. The molecule has 0 bridgehead atoms. The Kier molecular flexibility index (Phi) is 7.51. The van der Waals surface area contributed by atoms with Crippen molar-refractivity contribution in [1.82, 2.24) is 15.5 Å². The first kappa shape index (κ1) is 19.7. The van der Waals surface area contributed by atoms with Crippen LogP contribution in [0.25, 0.3) is 0 Å². The Labute approximate surface area is 162 Å². The summed E-state index contributed by atoms with van der Waals surface area (Å²) in [7, 11) is 1.79. The van der Waals surface area contributed by atoms with Crippen molar-refractivity contribution in [2.24, 2.45) is 10.9 Å². The van der Waals surface area contributed by atoms with Gasteiger partial charge in [0.25, 0.3) is 0 Å². The quantitative estimate of drug-likeness (QED) is 0.376. The summed E-state index contributed by atoms with van der Waals surface area (Å²) in [6.07, 6.45) is 5.32. The normalized spacial score (nSPS) is 17.4. The zero-order valence-electron chi connectivity index (χ0n) is 16.4. The van der Waals surface area contributed by atoms with Gasteiger partial charge in [0, 0.05) is 52.9 Å². The van der Waals surface area contributed by atoms with E-state index in [1.807, 2.05) is 4.90 Å². The third-order valence-corrected chi connectivity index (χ3v) is 5.03. The summed E-state index contributed by atoms with van der Waals surface area (Å²) in [6, 6.07) is 8.41. The van der Waals surface area contributed by atoms with Crippen molar-refractivity contribution in [1.29, 1.82) is 0 Å². The lowest BCUT2D eigenvalue weighted by Crippen LogP contribution is -2.37. The number of carbonyl (C=O) groups excluding carboxylic acids is 1. The van der Waals surface area contributed by atoms with Crippen LogP contribution in [0.1, 0.15) is 43.2 Å². The molecule has 1 saturated carbocycles. The van der Waals surface area contributed by atoms with E-state index in [0.717, 1.165) is 51.0 Å². The number of hydrogen-bond acceptors (Lipinski definition) is 3.